The molecule has 0 aromatic heterocycles. The third kappa shape index (κ3) is 2.91. The number of sulfone groups is 1. The molecule has 4 nitrogen and oxygen atoms in total. The summed E-state index contributed by atoms with van der Waals surface area (Å²) in [5.74, 6) is -0.179. The predicted molar refractivity (Wildman–Crippen MR) is 92.2 cm³/mol. The fraction of sp³-hybridized carbons (Fsp3) is 0.263. The molecule has 2 aromatic carbocycles. The smallest absolute Gasteiger partial charge is 0.179 e. The first kappa shape index (κ1) is 16.6. The zero-order chi connectivity index (χ0) is 17.5. The molecule has 24 heavy (non-hydrogen) atoms. The van der Waals surface area contributed by atoms with E-state index >= 15 is 0 Å². The molecule has 0 bridgehead atoms. The van der Waals surface area contributed by atoms with Gasteiger partial charge in [-0.05, 0) is 55.2 Å². The van der Waals surface area contributed by atoms with Crippen LogP contribution in [0.5, 0.6) is 0 Å². The van der Waals surface area contributed by atoms with Gasteiger partial charge in [-0.15, -0.1) is 0 Å². The molecule has 0 atom stereocenters. The Morgan fingerprint density at radius 1 is 1.04 bits per heavy atom. The van der Waals surface area contributed by atoms with E-state index < -0.39 is 9.84 Å². The molecule has 1 aliphatic rings. The van der Waals surface area contributed by atoms with Crippen LogP contribution in [0.1, 0.15) is 46.0 Å². The summed E-state index contributed by atoms with van der Waals surface area (Å²) in [4.78, 5) is 24.1. The van der Waals surface area contributed by atoms with Gasteiger partial charge in [-0.2, -0.15) is 0 Å². The average molecular weight is 342 g/mol. The van der Waals surface area contributed by atoms with E-state index in [0.29, 0.717) is 12.0 Å². The summed E-state index contributed by atoms with van der Waals surface area (Å²) in [6, 6.07) is 10.3. The monoisotopic (exact) mass is 342 g/mol. The van der Waals surface area contributed by atoms with Gasteiger partial charge in [0.05, 0.1) is 10.6 Å². The summed E-state index contributed by atoms with van der Waals surface area (Å²) >= 11 is 0. The SMILES string of the molecule is CC(=O)c1ccc(C)c(-c2ccc3c(c2)C(=O)CCCS3(=O)=O)c1. The molecule has 0 amide bonds. The molecule has 1 heterocycles. The number of Topliss-reactive ketones (excluding diaryl/α,β-unsaturated/α-hetero) is 2. The molecule has 0 radical (unpaired) electrons. The molecular weight excluding hydrogens is 324 g/mol. The van der Waals surface area contributed by atoms with Crippen LogP contribution in [-0.4, -0.2) is 25.7 Å². The Hall–Kier alpha value is -2.27. The van der Waals surface area contributed by atoms with Crippen LogP contribution < -0.4 is 0 Å². The first-order valence-corrected chi connectivity index (χ1v) is 9.47. The summed E-state index contributed by atoms with van der Waals surface area (Å²) in [6.07, 6.45) is 0.589. The van der Waals surface area contributed by atoms with Gasteiger partial charge >= 0.3 is 0 Å². The van der Waals surface area contributed by atoms with Crippen molar-refractivity contribution in [2.45, 2.75) is 31.6 Å². The molecule has 0 aliphatic carbocycles. The van der Waals surface area contributed by atoms with E-state index in [0.717, 1.165) is 16.7 Å². The van der Waals surface area contributed by atoms with Gasteiger partial charge < -0.3 is 0 Å². The first-order valence-electron chi connectivity index (χ1n) is 7.81. The van der Waals surface area contributed by atoms with E-state index in [4.69, 9.17) is 0 Å². The zero-order valence-corrected chi connectivity index (χ0v) is 14.4. The van der Waals surface area contributed by atoms with Gasteiger partial charge in [-0.3, -0.25) is 9.59 Å². The lowest BCUT2D eigenvalue weighted by atomic mass is 9.94. The van der Waals surface area contributed by atoms with Gasteiger partial charge in [0, 0.05) is 17.5 Å². The molecular formula is C19H18O4S. The fourth-order valence-corrected chi connectivity index (χ4v) is 4.53. The van der Waals surface area contributed by atoms with Crippen molar-refractivity contribution in [3.05, 3.63) is 53.1 Å². The number of carbonyl (C=O) groups is 2. The summed E-state index contributed by atoms with van der Waals surface area (Å²) < 4.78 is 24.6. The Morgan fingerprint density at radius 2 is 1.79 bits per heavy atom. The highest BCUT2D eigenvalue weighted by atomic mass is 32.2. The zero-order valence-electron chi connectivity index (χ0n) is 13.6. The van der Waals surface area contributed by atoms with Crippen molar-refractivity contribution in [2.24, 2.45) is 0 Å². The van der Waals surface area contributed by atoms with Crippen molar-refractivity contribution in [3.63, 3.8) is 0 Å². The van der Waals surface area contributed by atoms with Crippen molar-refractivity contribution < 1.29 is 18.0 Å². The highest BCUT2D eigenvalue weighted by Gasteiger charge is 2.26. The lowest BCUT2D eigenvalue weighted by molar-refractivity contribution is 0.0978. The van der Waals surface area contributed by atoms with Crippen molar-refractivity contribution in [2.75, 3.05) is 5.75 Å². The number of benzene rings is 2. The minimum absolute atomic E-state index is 0.00390. The molecule has 0 saturated heterocycles. The number of carbonyl (C=O) groups excluding carboxylic acids is 2. The average Bonchev–Trinajstić information content (AvgIpc) is 2.64. The molecule has 3 rings (SSSR count). The molecule has 0 unspecified atom stereocenters. The van der Waals surface area contributed by atoms with E-state index in [2.05, 4.69) is 0 Å². The molecule has 5 heteroatoms. The topological polar surface area (TPSA) is 68.3 Å². The third-order valence-corrected chi connectivity index (χ3v) is 6.24. The normalized spacial score (nSPS) is 16.3. The number of aryl methyl sites for hydroxylation is 1. The summed E-state index contributed by atoms with van der Waals surface area (Å²) in [5, 5.41) is 0. The second kappa shape index (κ2) is 5.98. The van der Waals surface area contributed by atoms with E-state index in [1.54, 1.807) is 24.3 Å². The standard InChI is InChI=1S/C19H18O4S/c1-12-5-6-14(13(2)20)10-16(12)15-7-8-19-17(11-15)18(21)4-3-9-24(19,22)23/h5-8,10-11H,3-4,9H2,1-2H3. The highest BCUT2D eigenvalue weighted by molar-refractivity contribution is 7.91. The van der Waals surface area contributed by atoms with E-state index in [9.17, 15) is 18.0 Å². The summed E-state index contributed by atoms with van der Waals surface area (Å²) in [5.41, 5.74) is 3.39. The number of fused-ring (bicyclic) bond motifs is 1. The highest BCUT2D eigenvalue weighted by Crippen LogP contribution is 2.31. The minimum atomic E-state index is -3.42. The Labute approximate surface area is 141 Å². The Bertz CT molecular complexity index is 955. The maximum Gasteiger partial charge on any atom is 0.179 e. The molecule has 0 spiro atoms. The van der Waals surface area contributed by atoms with Crippen molar-refractivity contribution >= 4 is 21.4 Å². The van der Waals surface area contributed by atoms with E-state index in [1.807, 2.05) is 13.0 Å². The van der Waals surface area contributed by atoms with Gasteiger partial charge in [-0.1, -0.05) is 18.2 Å². The Balaban J connectivity index is 2.21. The number of hydrogen-bond donors (Lipinski definition) is 0. The summed E-state index contributed by atoms with van der Waals surface area (Å²) in [6.45, 7) is 3.42. The van der Waals surface area contributed by atoms with E-state index in [-0.39, 0.29) is 34.2 Å². The van der Waals surface area contributed by atoms with E-state index in [1.165, 1.54) is 13.0 Å². The molecule has 0 fully saturated rings. The number of ketones is 2. The number of hydrogen-bond acceptors (Lipinski definition) is 4. The van der Waals surface area contributed by atoms with Gasteiger partial charge in [0.15, 0.2) is 21.4 Å². The Morgan fingerprint density at radius 3 is 2.50 bits per heavy atom. The summed E-state index contributed by atoms with van der Waals surface area (Å²) in [7, 11) is -3.42. The largest absolute Gasteiger partial charge is 0.295 e. The van der Waals surface area contributed by atoms with Crippen LogP contribution in [0.4, 0.5) is 0 Å². The maximum atomic E-state index is 12.3. The third-order valence-electron chi connectivity index (χ3n) is 4.39. The maximum absolute atomic E-state index is 12.3. The van der Waals surface area contributed by atoms with Gasteiger partial charge in [-0.25, -0.2) is 8.42 Å². The number of rotatable bonds is 2. The lowest BCUT2D eigenvalue weighted by Gasteiger charge is -2.11. The van der Waals surface area contributed by atoms with Crippen LogP contribution in [0.25, 0.3) is 11.1 Å². The quantitative estimate of drug-likeness (QED) is 0.782. The molecule has 124 valence electrons. The van der Waals surface area contributed by atoms with Crippen LogP contribution in [0.2, 0.25) is 0 Å². The van der Waals surface area contributed by atoms with Crippen molar-refractivity contribution in [3.8, 4) is 11.1 Å². The van der Waals surface area contributed by atoms with Crippen LogP contribution in [0.15, 0.2) is 41.3 Å². The van der Waals surface area contributed by atoms with Gasteiger partial charge in [0.25, 0.3) is 0 Å². The molecule has 0 N–H and O–H groups in total. The second-order valence-corrected chi connectivity index (χ2v) is 8.22. The van der Waals surface area contributed by atoms with Crippen LogP contribution in [-0.2, 0) is 9.84 Å². The molecule has 1 aliphatic heterocycles. The van der Waals surface area contributed by atoms with Crippen LogP contribution in [0.3, 0.4) is 0 Å². The lowest BCUT2D eigenvalue weighted by Crippen LogP contribution is -2.07. The Kier molecular flexibility index (Phi) is 4.13. The minimum Gasteiger partial charge on any atom is -0.295 e. The second-order valence-electron chi connectivity index (χ2n) is 6.14. The molecule has 0 saturated carbocycles. The van der Waals surface area contributed by atoms with Crippen molar-refractivity contribution in [1.82, 2.24) is 0 Å². The van der Waals surface area contributed by atoms with Gasteiger partial charge in [0.1, 0.15) is 0 Å². The van der Waals surface area contributed by atoms with Gasteiger partial charge in [0.2, 0.25) is 0 Å². The predicted octanol–water partition coefficient (Wildman–Crippen LogP) is 3.61. The van der Waals surface area contributed by atoms with Crippen LogP contribution >= 0.6 is 0 Å². The first-order chi connectivity index (χ1) is 11.3. The molecule has 2 aromatic rings. The fourth-order valence-electron chi connectivity index (χ4n) is 3.01. The van der Waals surface area contributed by atoms with Crippen LogP contribution in [0, 0.1) is 6.92 Å². The van der Waals surface area contributed by atoms with Crippen molar-refractivity contribution in [1.29, 1.82) is 0 Å².